The number of rotatable bonds is 7. The molecular weight excluding hydrogens is 296 g/mol. The molecule has 0 spiro atoms. The van der Waals surface area contributed by atoms with Crippen molar-refractivity contribution in [2.45, 2.75) is 30.8 Å². The van der Waals surface area contributed by atoms with Crippen molar-refractivity contribution in [1.29, 1.82) is 0 Å². The summed E-state index contributed by atoms with van der Waals surface area (Å²) in [5, 5.41) is 4.77. The van der Waals surface area contributed by atoms with Gasteiger partial charge >= 0.3 is 0 Å². The SMILES string of the molecule is CNCc1sccc1S(=O)(=O)NC(C)Cc1ccco1. The molecular formula is C13H18N2O3S2. The zero-order valence-corrected chi connectivity index (χ0v) is 13.1. The number of furan rings is 1. The zero-order chi connectivity index (χ0) is 14.6. The van der Waals surface area contributed by atoms with Gasteiger partial charge in [0.15, 0.2) is 0 Å². The number of hydrogen-bond acceptors (Lipinski definition) is 5. The maximum Gasteiger partial charge on any atom is 0.241 e. The predicted octanol–water partition coefficient (Wildman–Crippen LogP) is 1.97. The fraction of sp³-hybridized carbons (Fsp3) is 0.385. The van der Waals surface area contributed by atoms with E-state index in [1.165, 1.54) is 11.3 Å². The average Bonchev–Trinajstić information content (AvgIpc) is 2.99. The molecule has 0 aromatic carbocycles. The number of sulfonamides is 1. The van der Waals surface area contributed by atoms with E-state index in [1.807, 2.05) is 13.0 Å². The van der Waals surface area contributed by atoms with Gasteiger partial charge in [0, 0.05) is 23.9 Å². The van der Waals surface area contributed by atoms with Crippen LogP contribution in [-0.2, 0) is 23.0 Å². The molecule has 2 rings (SSSR count). The Bertz CT molecular complexity index is 632. The van der Waals surface area contributed by atoms with E-state index in [1.54, 1.807) is 30.8 Å². The summed E-state index contributed by atoms with van der Waals surface area (Å²) in [6.07, 6.45) is 2.11. The van der Waals surface area contributed by atoms with Gasteiger partial charge in [0.25, 0.3) is 0 Å². The van der Waals surface area contributed by atoms with Crippen LogP contribution in [0.25, 0.3) is 0 Å². The molecule has 0 saturated heterocycles. The summed E-state index contributed by atoms with van der Waals surface area (Å²) in [6, 6.07) is 5.04. The first-order chi connectivity index (χ1) is 9.53. The third kappa shape index (κ3) is 3.69. The van der Waals surface area contributed by atoms with Crippen molar-refractivity contribution in [2.24, 2.45) is 0 Å². The quantitative estimate of drug-likeness (QED) is 0.819. The Morgan fingerprint density at radius 3 is 2.85 bits per heavy atom. The van der Waals surface area contributed by atoms with Gasteiger partial charge in [-0.05, 0) is 37.6 Å². The van der Waals surface area contributed by atoms with Crippen LogP contribution in [0, 0.1) is 0 Å². The van der Waals surface area contributed by atoms with Crippen LogP contribution in [0.5, 0.6) is 0 Å². The van der Waals surface area contributed by atoms with Crippen LogP contribution < -0.4 is 10.0 Å². The Hall–Kier alpha value is -1.15. The summed E-state index contributed by atoms with van der Waals surface area (Å²) < 4.78 is 32.6. The molecule has 0 radical (unpaired) electrons. The molecule has 110 valence electrons. The lowest BCUT2D eigenvalue weighted by molar-refractivity contribution is 0.479. The van der Waals surface area contributed by atoms with E-state index >= 15 is 0 Å². The summed E-state index contributed by atoms with van der Waals surface area (Å²) in [7, 11) is -1.70. The fourth-order valence-electron chi connectivity index (χ4n) is 1.96. The lowest BCUT2D eigenvalue weighted by Gasteiger charge is -2.13. The van der Waals surface area contributed by atoms with Crippen LogP contribution in [0.1, 0.15) is 17.6 Å². The van der Waals surface area contributed by atoms with Crippen LogP contribution in [0.4, 0.5) is 0 Å². The Morgan fingerprint density at radius 1 is 1.40 bits per heavy atom. The van der Waals surface area contributed by atoms with Gasteiger partial charge in [-0.1, -0.05) is 0 Å². The molecule has 0 bridgehead atoms. The highest BCUT2D eigenvalue weighted by Gasteiger charge is 2.22. The molecule has 5 nitrogen and oxygen atoms in total. The maximum absolute atomic E-state index is 12.4. The smallest absolute Gasteiger partial charge is 0.241 e. The Morgan fingerprint density at radius 2 is 2.20 bits per heavy atom. The molecule has 2 heterocycles. The molecule has 0 aliphatic rings. The molecule has 2 aromatic rings. The summed E-state index contributed by atoms with van der Waals surface area (Å²) in [5.41, 5.74) is 0. The third-order valence-electron chi connectivity index (χ3n) is 2.78. The number of nitrogens with one attached hydrogen (secondary N) is 2. The lowest BCUT2D eigenvalue weighted by atomic mass is 10.2. The van der Waals surface area contributed by atoms with E-state index in [0.717, 1.165) is 10.6 Å². The van der Waals surface area contributed by atoms with Crippen LogP contribution in [-0.4, -0.2) is 21.5 Å². The van der Waals surface area contributed by atoms with E-state index in [-0.39, 0.29) is 6.04 Å². The van der Waals surface area contributed by atoms with Crippen LogP contribution in [0.2, 0.25) is 0 Å². The second-order valence-electron chi connectivity index (χ2n) is 4.54. The molecule has 0 aliphatic carbocycles. The maximum atomic E-state index is 12.4. The molecule has 0 amide bonds. The van der Waals surface area contributed by atoms with E-state index in [0.29, 0.717) is 17.9 Å². The first-order valence-corrected chi connectivity index (χ1v) is 8.65. The predicted molar refractivity (Wildman–Crippen MR) is 79.3 cm³/mol. The second kappa shape index (κ2) is 6.53. The molecule has 1 unspecified atom stereocenters. The van der Waals surface area contributed by atoms with Gasteiger partial charge in [-0.25, -0.2) is 13.1 Å². The Labute approximate surface area is 123 Å². The highest BCUT2D eigenvalue weighted by Crippen LogP contribution is 2.22. The minimum Gasteiger partial charge on any atom is -0.469 e. The van der Waals surface area contributed by atoms with E-state index in [4.69, 9.17) is 4.42 Å². The van der Waals surface area contributed by atoms with Crippen molar-refractivity contribution in [1.82, 2.24) is 10.0 Å². The van der Waals surface area contributed by atoms with Crippen molar-refractivity contribution in [3.63, 3.8) is 0 Å². The lowest BCUT2D eigenvalue weighted by Crippen LogP contribution is -2.34. The minimum atomic E-state index is -3.49. The first kappa shape index (κ1) is 15.2. The zero-order valence-electron chi connectivity index (χ0n) is 11.4. The Balaban J connectivity index is 2.08. The van der Waals surface area contributed by atoms with Gasteiger partial charge in [-0.3, -0.25) is 0 Å². The minimum absolute atomic E-state index is 0.228. The second-order valence-corrected chi connectivity index (χ2v) is 7.23. The van der Waals surface area contributed by atoms with E-state index in [2.05, 4.69) is 10.0 Å². The summed E-state index contributed by atoms with van der Waals surface area (Å²) in [6.45, 7) is 2.37. The van der Waals surface area contributed by atoms with Gasteiger partial charge in [0.05, 0.1) is 11.2 Å². The van der Waals surface area contributed by atoms with Crippen molar-refractivity contribution in [2.75, 3.05) is 7.05 Å². The molecule has 0 aliphatic heterocycles. The molecule has 7 heteroatoms. The third-order valence-corrected chi connectivity index (χ3v) is 5.50. The molecule has 1 atom stereocenters. The van der Waals surface area contributed by atoms with Crippen LogP contribution >= 0.6 is 11.3 Å². The standard InChI is InChI=1S/C13H18N2O3S2/c1-10(8-11-4-3-6-18-11)15-20(16,17)13-5-7-19-12(13)9-14-2/h3-7,10,14-15H,8-9H2,1-2H3. The largest absolute Gasteiger partial charge is 0.469 e. The summed E-state index contributed by atoms with van der Waals surface area (Å²) in [4.78, 5) is 1.16. The summed E-state index contributed by atoms with van der Waals surface area (Å²) in [5.74, 6) is 0.765. The van der Waals surface area contributed by atoms with Gasteiger partial charge in [-0.2, -0.15) is 0 Å². The molecule has 0 saturated carbocycles. The van der Waals surface area contributed by atoms with Gasteiger partial charge in [-0.15, -0.1) is 11.3 Å². The molecule has 0 fully saturated rings. The number of hydrogen-bond donors (Lipinski definition) is 2. The fourth-order valence-corrected chi connectivity index (χ4v) is 4.66. The first-order valence-electron chi connectivity index (χ1n) is 6.28. The van der Waals surface area contributed by atoms with Crippen LogP contribution in [0.3, 0.4) is 0 Å². The van der Waals surface area contributed by atoms with Crippen LogP contribution in [0.15, 0.2) is 39.2 Å². The van der Waals surface area contributed by atoms with Crippen molar-refractivity contribution >= 4 is 21.4 Å². The topological polar surface area (TPSA) is 71.3 Å². The van der Waals surface area contributed by atoms with Gasteiger partial charge in [0.1, 0.15) is 5.76 Å². The van der Waals surface area contributed by atoms with Crippen molar-refractivity contribution < 1.29 is 12.8 Å². The highest BCUT2D eigenvalue weighted by molar-refractivity contribution is 7.89. The normalized spacial score (nSPS) is 13.5. The number of thiophene rings is 1. The van der Waals surface area contributed by atoms with Crippen molar-refractivity contribution in [3.05, 3.63) is 40.5 Å². The Kier molecular flexibility index (Phi) is 4.98. The molecule has 20 heavy (non-hydrogen) atoms. The molecule has 2 aromatic heterocycles. The summed E-state index contributed by atoms with van der Waals surface area (Å²) >= 11 is 1.43. The average molecular weight is 314 g/mol. The van der Waals surface area contributed by atoms with Crippen molar-refractivity contribution in [3.8, 4) is 0 Å². The van der Waals surface area contributed by atoms with Gasteiger partial charge < -0.3 is 9.73 Å². The molecule has 2 N–H and O–H groups in total. The van der Waals surface area contributed by atoms with E-state index < -0.39 is 10.0 Å². The highest BCUT2D eigenvalue weighted by atomic mass is 32.2. The monoisotopic (exact) mass is 314 g/mol. The van der Waals surface area contributed by atoms with Gasteiger partial charge in [0.2, 0.25) is 10.0 Å². The van der Waals surface area contributed by atoms with E-state index in [9.17, 15) is 8.42 Å².